The maximum absolute atomic E-state index is 12.3. The average molecular weight is 312 g/mol. The number of pyridine rings is 1. The minimum atomic E-state index is -0.379. The molecule has 0 aliphatic carbocycles. The number of halogens is 1. The Labute approximate surface area is 133 Å². The van der Waals surface area contributed by atoms with Gasteiger partial charge in [-0.05, 0) is 36.8 Å². The van der Waals surface area contributed by atoms with Gasteiger partial charge in [-0.2, -0.15) is 0 Å². The van der Waals surface area contributed by atoms with Gasteiger partial charge in [0.25, 0.3) is 0 Å². The van der Waals surface area contributed by atoms with Crippen molar-refractivity contribution in [3.63, 3.8) is 0 Å². The molecule has 0 aliphatic heterocycles. The minimum Gasteiger partial charge on any atom is -0.457 e. The van der Waals surface area contributed by atoms with Gasteiger partial charge in [-0.15, -0.1) is 0 Å². The normalized spacial score (nSPS) is 10.6. The zero-order valence-corrected chi connectivity index (χ0v) is 12.8. The zero-order valence-electron chi connectivity index (χ0n) is 12.0. The second-order valence-electron chi connectivity index (χ2n) is 5.02. The molecule has 0 fully saturated rings. The first-order valence-corrected chi connectivity index (χ1v) is 7.29. The van der Waals surface area contributed by atoms with Crippen LogP contribution in [0, 0.1) is 6.92 Å². The second kappa shape index (κ2) is 6.16. The molecule has 4 heteroatoms. The van der Waals surface area contributed by atoms with E-state index in [9.17, 15) is 4.79 Å². The van der Waals surface area contributed by atoms with Crippen LogP contribution in [0.4, 0.5) is 0 Å². The molecular weight excluding hydrogens is 298 g/mol. The van der Waals surface area contributed by atoms with Crippen molar-refractivity contribution >= 4 is 28.5 Å². The number of carbonyl (C=O) groups excluding carboxylic acids is 1. The number of ether oxygens (including phenoxy) is 1. The van der Waals surface area contributed by atoms with Crippen molar-refractivity contribution in [1.29, 1.82) is 0 Å². The first-order valence-electron chi connectivity index (χ1n) is 6.91. The molecule has 0 spiro atoms. The molecule has 0 radical (unpaired) electrons. The Balaban J connectivity index is 1.85. The van der Waals surface area contributed by atoms with Crippen LogP contribution in [0.5, 0.6) is 0 Å². The molecule has 2 aromatic carbocycles. The number of aryl methyl sites for hydroxylation is 1. The summed E-state index contributed by atoms with van der Waals surface area (Å²) in [6.45, 7) is 2.04. The fourth-order valence-corrected chi connectivity index (χ4v) is 2.43. The van der Waals surface area contributed by atoms with E-state index in [2.05, 4.69) is 4.98 Å². The van der Waals surface area contributed by atoms with E-state index in [0.717, 1.165) is 16.5 Å². The van der Waals surface area contributed by atoms with Crippen LogP contribution < -0.4 is 0 Å². The smallest absolute Gasteiger partial charge is 0.340 e. The summed E-state index contributed by atoms with van der Waals surface area (Å²) in [7, 11) is 0. The largest absolute Gasteiger partial charge is 0.457 e. The van der Waals surface area contributed by atoms with Gasteiger partial charge in [0.05, 0.1) is 16.8 Å². The van der Waals surface area contributed by atoms with Crippen molar-refractivity contribution < 1.29 is 9.53 Å². The number of esters is 1. The third-order valence-electron chi connectivity index (χ3n) is 3.40. The number of benzene rings is 2. The van der Waals surface area contributed by atoms with Crippen LogP contribution in [0.25, 0.3) is 10.9 Å². The fraction of sp³-hybridized carbons (Fsp3) is 0.111. The molecule has 0 bridgehead atoms. The van der Waals surface area contributed by atoms with E-state index in [-0.39, 0.29) is 12.6 Å². The van der Waals surface area contributed by atoms with Gasteiger partial charge in [-0.1, -0.05) is 41.9 Å². The zero-order chi connectivity index (χ0) is 15.5. The maximum atomic E-state index is 12.3. The summed E-state index contributed by atoms with van der Waals surface area (Å²) in [4.78, 5) is 16.7. The van der Waals surface area contributed by atoms with E-state index >= 15 is 0 Å². The Morgan fingerprint density at radius 1 is 1.14 bits per heavy atom. The summed E-state index contributed by atoms with van der Waals surface area (Å²) in [6.07, 6.45) is 0. The van der Waals surface area contributed by atoms with E-state index in [1.54, 1.807) is 25.1 Å². The number of hydrogen-bond acceptors (Lipinski definition) is 3. The van der Waals surface area contributed by atoms with Crippen LogP contribution in [0.3, 0.4) is 0 Å². The van der Waals surface area contributed by atoms with Crippen LogP contribution in [0.15, 0.2) is 54.6 Å². The van der Waals surface area contributed by atoms with E-state index < -0.39 is 0 Å². The topological polar surface area (TPSA) is 39.2 Å². The molecule has 0 saturated heterocycles. The molecule has 1 aromatic heterocycles. The number of nitrogens with zero attached hydrogens (tertiary/aromatic N) is 1. The van der Waals surface area contributed by atoms with Crippen LogP contribution in [0.2, 0.25) is 5.02 Å². The Bertz CT molecular complexity index is 831. The molecule has 0 saturated carbocycles. The van der Waals surface area contributed by atoms with Crippen LogP contribution in [-0.2, 0) is 11.3 Å². The molecular formula is C18H14ClNO2. The van der Waals surface area contributed by atoms with Crippen LogP contribution >= 0.6 is 11.6 Å². The molecule has 22 heavy (non-hydrogen) atoms. The Kier molecular flexibility index (Phi) is 4.07. The standard InChI is InChI=1S/C18H14ClNO2/c1-12-16(10-14-9-15(19)7-8-17(14)20-12)18(21)22-11-13-5-3-2-4-6-13/h2-10H,11H2,1H3. The lowest BCUT2D eigenvalue weighted by atomic mass is 10.1. The SMILES string of the molecule is Cc1nc2ccc(Cl)cc2cc1C(=O)OCc1ccccc1. The number of hydrogen-bond donors (Lipinski definition) is 0. The molecule has 3 rings (SSSR count). The highest BCUT2D eigenvalue weighted by Gasteiger charge is 2.13. The summed E-state index contributed by atoms with van der Waals surface area (Å²) in [5.41, 5.74) is 2.87. The van der Waals surface area contributed by atoms with Gasteiger partial charge in [-0.3, -0.25) is 4.98 Å². The van der Waals surface area contributed by atoms with E-state index in [1.807, 2.05) is 36.4 Å². The lowest BCUT2D eigenvalue weighted by molar-refractivity contribution is 0.0471. The summed E-state index contributed by atoms with van der Waals surface area (Å²) < 4.78 is 5.36. The first-order chi connectivity index (χ1) is 10.6. The first kappa shape index (κ1) is 14.5. The van der Waals surface area contributed by atoms with E-state index in [4.69, 9.17) is 16.3 Å². The summed E-state index contributed by atoms with van der Waals surface area (Å²) in [5, 5.41) is 1.44. The van der Waals surface area contributed by atoms with Gasteiger partial charge < -0.3 is 4.74 Å². The number of carbonyl (C=O) groups is 1. The van der Waals surface area contributed by atoms with Crippen molar-refractivity contribution in [2.45, 2.75) is 13.5 Å². The third kappa shape index (κ3) is 3.10. The minimum absolute atomic E-state index is 0.243. The predicted molar refractivity (Wildman–Crippen MR) is 87.1 cm³/mol. The molecule has 0 atom stereocenters. The number of fused-ring (bicyclic) bond motifs is 1. The molecule has 0 aliphatic rings. The second-order valence-corrected chi connectivity index (χ2v) is 5.46. The van der Waals surface area contributed by atoms with Gasteiger partial charge in [0, 0.05) is 10.4 Å². The highest BCUT2D eigenvalue weighted by atomic mass is 35.5. The van der Waals surface area contributed by atoms with Gasteiger partial charge in [0.2, 0.25) is 0 Å². The van der Waals surface area contributed by atoms with Gasteiger partial charge in [0.15, 0.2) is 0 Å². The van der Waals surface area contributed by atoms with E-state index in [0.29, 0.717) is 16.3 Å². The van der Waals surface area contributed by atoms with Crippen molar-refractivity contribution in [2.75, 3.05) is 0 Å². The quantitative estimate of drug-likeness (QED) is 0.666. The Morgan fingerprint density at radius 3 is 2.68 bits per heavy atom. The average Bonchev–Trinajstić information content (AvgIpc) is 2.53. The van der Waals surface area contributed by atoms with Gasteiger partial charge in [0.1, 0.15) is 6.61 Å². The van der Waals surface area contributed by atoms with Crippen molar-refractivity contribution in [2.24, 2.45) is 0 Å². The summed E-state index contributed by atoms with van der Waals surface area (Å²) >= 11 is 5.99. The number of rotatable bonds is 3. The van der Waals surface area contributed by atoms with Crippen LogP contribution in [-0.4, -0.2) is 11.0 Å². The maximum Gasteiger partial charge on any atom is 0.340 e. The fourth-order valence-electron chi connectivity index (χ4n) is 2.25. The molecule has 1 heterocycles. The lowest BCUT2D eigenvalue weighted by Crippen LogP contribution is -2.08. The monoisotopic (exact) mass is 311 g/mol. The van der Waals surface area contributed by atoms with Crippen molar-refractivity contribution in [1.82, 2.24) is 4.98 Å². The van der Waals surface area contributed by atoms with E-state index in [1.165, 1.54) is 0 Å². The van der Waals surface area contributed by atoms with Crippen molar-refractivity contribution in [3.05, 3.63) is 76.4 Å². The molecule has 3 nitrogen and oxygen atoms in total. The molecule has 0 unspecified atom stereocenters. The Morgan fingerprint density at radius 2 is 1.91 bits per heavy atom. The number of aromatic nitrogens is 1. The molecule has 110 valence electrons. The highest BCUT2D eigenvalue weighted by Crippen LogP contribution is 2.21. The van der Waals surface area contributed by atoms with Crippen LogP contribution in [0.1, 0.15) is 21.6 Å². The predicted octanol–water partition coefficient (Wildman–Crippen LogP) is 4.55. The lowest BCUT2D eigenvalue weighted by Gasteiger charge is -2.08. The van der Waals surface area contributed by atoms with Gasteiger partial charge >= 0.3 is 5.97 Å². The molecule has 0 N–H and O–H groups in total. The molecule has 3 aromatic rings. The third-order valence-corrected chi connectivity index (χ3v) is 3.64. The van der Waals surface area contributed by atoms with Gasteiger partial charge in [-0.25, -0.2) is 4.79 Å². The summed E-state index contributed by atoms with van der Waals surface area (Å²) in [5.74, 6) is -0.379. The molecule has 0 amide bonds. The summed E-state index contributed by atoms with van der Waals surface area (Å²) in [6, 6.07) is 16.8. The van der Waals surface area contributed by atoms with Crippen molar-refractivity contribution in [3.8, 4) is 0 Å². The Hall–Kier alpha value is -2.39. The highest BCUT2D eigenvalue weighted by molar-refractivity contribution is 6.31.